The van der Waals surface area contributed by atoms with Gasteiger partial charge >= 0.3 is 0 Å². The van der Waals surface area contributed by atoms with Crippen molar-refractivity contribution in [3.8, 4) is 0 Å². The van der Waals surface area contributed by atoms with Gasteiger partial charge in [-0.05, 0) is 43.5 Å². The third kappa shape index (κ3) is 3.74. The Kier molecular flexibility index (Phi) is 5.30. The maximum absolute atomic E-state index is 13.4. The first kappa shape index (κ1) is 18.0. The highest BCUT2D eigenvalue weighted by molar-refractivity contribution is 5.97. The van der Waals surface area contributed by atoms with Gasteiger partial charge in [0.05, 0.1) is 0 Å². The van der Waals surface area contributed by atoms with Crippen LogP contribution >= 0.6 is 0 Å². The van der Waals surface area contributed by atoms with Crippen molar-refractivity contribution in [1.82, 2.24) is 0 Å². The van der Waals surface area contributed by atoms with E-state index < -0.39 is 11.6 Å². The van der Waals surface area contributed by atoms with Crippen molar-refractivity contribution in [3.05, 3.63) is 59.7 Å². The van der Waals surface area contributed by atoms with E-state index in [0.717, 1.165) is 23.4 Å². The summed E-state index contributed by atoms with van der Waals surface area (Å²) in [5, 5.41) is 2.87. The van der Waals surface area contributed by atoms with Crippen LogP contribution in [-0.2, 0) is 16.0 Å². The third-order valence-corrected chi connectivity index (χ3v) is 4.65. The van der Waals surface area contributed by atoms with Gasteiger partial charge in [0.15, 0.2) is 11.6 Å². The second-order valence-electron chi connectivity index (χ2n) is 6.32. The van der Waals surface area contributed by atoms with Crippen molar-refractivity contribution in [2.24, 2.45) is 5.92 Å². The van der Waals surface area contributed by atoms with Crippen molar-refractivity contribution in [3.63, 3.8) is 0 Å². The van der Waals surface area contributed by atoms with E-state index in [1.807, 2.05) is 24.3 Å². The van der Waals surface area contributed by atoms with Crippen LogP contribution in [0.4, 0.5) is 20.2 Å². The lowest BCUT2D eigenvalue weighted by atomic mass is 9.89. The number of rotatable bonds is 5. The molecule has 1 aliphatic rings. The summed E-state index contributed by atoms with van der Waals surface area (Å²) in [6.07, 6.45) is 1.15. The zero-order chi connectivity index (χ0) is 18.7. The highest BCUT2D eigenvalue weighted by atomic mass is 19.2. The van der Waals surface area contributed by atoms with Crippen LogP contribution in [0.5, 0.6) is 0 Å². The molecule has 0 radical (unpaired) electrons. The molecule has 0 aromatic heterocycles. The van der Waals surface area contributed by atoms with Crippen molar-refractivity contribution in [2.75, 3.05) is 16.8 Å². The van der Waals surface area contributed by atoms with Gasteiger partial charge in [-0.15, -0.1) is 0 Å². The minimum absolute atomic E-state index is 0.0904. The van der Waals surface area contributed by atoms with E-state index in [0.29, 0.717) is 25.1 Å². The Balaban J connectivity index is 1.65. The standard InChI is InChI=1S/C20H20F2N2O2/c1-2-24(15-8-9-16(21)17(22)12-15)19(25)10-7-14-11-13-5-3-4-6-18(13)23-20(14)26/h3-6,8-9,12,14H,2,7,10-11H2,1H3,(H,23,26). The van der Waals surface area contributed by atoms with Crippen LogP contribution in [0, 0.1) is 17.6 Å². The van der Waals surface area contributed by atoms with Gasteiger partial charge in [0.2, 0.25) is 11.8 Å². The lowest BCUT2D eigenvalue weighted by Gasteiger charge is -2.26. The largest absolute Gasteiger partial charge is 0.326 e. The lowest BCUT2D eigenvalue weighted by Crippen LogP contribution is -2.34. The maximum atomic E-state index is 13.4. The minimum Gasteiger partial charge on any atom is -0.326 e. The van der Waals surface area contributed by atoms with Gasteiger partial charge in [-0.2, -0.15) is 0 Å². The monoisotopic (exact) mass is 358 g/mol. The number of halogens is 2. The SMILES string of the molecule is CCN(C(=O)CCC1Cc2ccccc2NC1=O)c1ccc(F)c(F)c1. The predicted octanol–water partition coefficient (Wildman–Crippen LogP) is 3.91. The second-order valence-corrected chi connectivity index (χ2v) is 6.32. The predicted molar refractivity (Wildman–Crippen MR) is 95.9 cm³/mol. The van der Waals surface area contributed by atoms with Crippen molar-refractivity contribution < 1.29 is 18.4 Å². The molecule has 2 aromatic rings. The molecule has 3 rings (SSSR count). The summed E-state index contributed by atoms with van der Waals surface area (Å²) in [7, 11) is 0. The number of benzene rings is 2. The fraction of sp³-hybridized carbons (Fsp3) is 0.300. The second kappa shape index (κ2) is 7.64. The van der Waals surface area contributed by atoms with E-state index in [-0.39, 0.29) is 24.2 Å². The Morgan fingerprint density at radius 2 is 1.96 bits per heavy atom. The van der Waals surface area contributed by atoms with Crippen molar-refractivity contribution in [1.29, 1.82) is 0 Å². The number of amides is 2. The van der Waals surface area contributed by atoms with Gasteiger partial charge < -0.3 is 10.2 Å². The highest BCUT2D eigenvalue weighted by Gasteiger charge is 2.27. The van der Waals surface area contributed by atoms with E-state index >= 15 is 0 Å². The Morgan fingerprint density at radius 3 is 2.69 bits per heavy atom. The van der Waals surface area contributed by atoms with Crippen LogP contribution in [0.25, 0.3) is 0 Å². The van der Waals surface area contributed by atoms with Gasteiger partial charge in [0, 0.05) is 36.3 Å². The molecule has 1 N–H and O–H groups in total. The number of anilines is 2. The molecule has 1 heterocycles. The third-order valence-electron chi connectivity index (χ3n) is 4.65. The van der Waals surface area contributed by atoms with E-state index in [9.17, 15) is 18.4 Å². The van der Waals surface area contributed by atoms with Crippen LogP contribution in [-0.4, -0.2) is 18.4 Å². The number of fused-ring (bicyclic) bond motifs is 1. The molecule has 0 saturated carbocycles. The lowest BCUT2D eigenvalue weighted by molar-refractivity contribution is -0.121. The Morgan fingerprint density at radius 1 is 1.19 bits per heavy atom. The van der Waals surface area contributed by atoms with Crippen molar-refractivity contribution >= 4 is 23.2 Å². The van der Waals surface area contributed by atoms with Crippen LogP contribution in [0.1, 0.15) is 25.3 Å². The highest BCUT2D eigenvalue weighted by Crippen LogP contribution is 2.28. The number of nitrogens with one attached hydrogen (secondary N) is 1. The number of carbonyl (C=O) groups is 2. The first-order valence-corrected chi connectivity index (χ1v) is 8.63. The molecule has 0 saturated heterocycles. The van der Waals surface area contributed by atoms with E-state index in [4.69, 9.17) is 0 Å². The summed E-state index contributed by atoms with van der Waals surface area (Å²) in [6.45, 7) is 2.10. The van der Waals surface area contributed by atoms with E-state index in [1.54, 1.807) is 6.92 Å². The molecular formula is C20H20F2N2O2. The van der Waals surface area contributed by atoms with Gasteiger partial charge in [-0.1, -0.05) is 18.2 Å². The molecule has 26 heavy (non-hydrogen) atoms. The number of carbonyl (C=O) groups excluding carboxylic acids is 2. The molecule has 1 unspecified atom stereocenters. The number of nitrogens with zero attached hydrogens (tertiary/aromatic N) is 1. The summed E-state index contributed by atoms with van der Waals surface area (Å²) in [6, 6.07) is 11.0. The quantitative estimate of drug-likeness (QED) is 0.881. The van der Waals surface area contributed by atoms with Gasteiger partial charge in [0.25, 0.3) is 0 Å². The summed E-state index contributed by atoms with van der Waals surface area (Å²) in [5.74, 6) is -2.53. The molecule has 6 heteroatoms. The molecule has 0 bridgehead atoms. The minimum atomic E-state index is -0.989. The Bertz CT molecular complexity index is 838. The normalized spacial score (nSPS) is 16.0. The van der Waals surface area contributed by atoms with Crippen LogP contribution in [0.3, 0.4) is 0 Å². The molecule has 0 fully saturated rings. The fourth-order valence-electron chi connectivity index (χ4n) is 3.23. The summed E-state index contributed by atoms with van der Waals surface area (Å²) < 4.78 is 26.5. The Labute approximate surface area is 150 Å². The zero-order valence-electron chi connectivity index (χ0n) is 14.5. The van der Waals surface area contributed by atoms with Gasteiger partial charge in [-0.3, -0.25) is 9.59 Å². The maximum Gasteiger partial charge on any atom is 0.227 e. The molecule has 2 amide bonds. The number of hydrogen-bond acceptors (Lipinski definition) is 2. The van der Waals surface area contributed by atoms with Crippen LogP contribution < -0.4 is 10.2 Å². The molecular weight excluding hydrogens is 338 g/mol. The fourth-order valence-corrected chi connectivity index (χ4v) is 3.23. The molecule has 136 valence electrons. The van der Waals surface area contributed by atoms with Gasteiger partial charge in [0.1, 0.15) is 0 Å². The van der Waals surface area contributed by atoms with E-state index in [2.05, 4.69) is 5.32 Å². The van der Waals surface area contributed by atoms with Crippen LogP contribution in [0.2, 0.25) is 0 Å². The topological polar surface area (TPSA) is 49.4 Å². The number of para-hydroxylation sites is 1. The molecule has 4 nitrogen and oxygen atoms in total. The Hall–Kier alpha value is -2.76. The molecule has 1 atom stereocenters. The van der Waals surface area contributed by atoms with E-state index in [1.165, 1.54) is 11.0 Å². The smallest absolute Gasteiger partial charge is 0.227 e. The molecule has 0 aliphatic carbocycles. The zero-order valence-corrected chi connectivity index (χ0v) is 14.5. The molecule has 0 spiro atoms. The van der Waals surface area contributed by atoms with Crippen LogP contribution in [0.15, 0.2) is 42.5 Å². The summed E-state index contributed by atoms with van der Waals surface area (Å²) in [5.41, 5.74) is 2.18. The average molecular weight is 358 g/mol. The molecule has 1 aliphatic heterocycles. The number of hydrogen-bond donors (Lipinski definition) is 1. The van der Waals surface area contributed by atoms with Crippen molar-refractivity contribution in [2.45, 2.75) is 26.2 Å². The first-order valence-electron chi connectivity index (χ1n) is 8.63. The summed E-state index contributed by atoms with van der Waals surface area (Å²) >= 11 is 0. The first-order chi connectivity index (χ1) is 12.5. The van der Waals surface area contributed by atoms with Gasteiger partial charge in [-0.25, -0.2) is 8.78 Å². The summed E-state index contributed by atoms with van der Waals surface area (Å²) in [4.78, 5) is 26.2. The molecule has 2 aromatic carbocycles. The average Bonchev–Trinajstić information content (AvgIpc) is 2.63.